The van der Waals surface area contributed by atoms with E-state index >= 15 is 0 Å². The number of para-hydroxylation sites is 1. The van der Waals surface area contributed by atoms with Crippen molar-refractivity contribution in [2.75, 3.05) is 30.4 Å². The lowest BCUT2D eigenvalue weighted by Gasteiger charge is -2.21. The van der Waals surface area contributed by atoms with Crippen molar-refractivity contribution in [3.8, 4) is 5.75 Å². The fraction of sp³-hybridized carbons (Fsp3) is 0.206. The first-order chi connectivity index (χ1) is 22.0. The topological polar surface area (TPSA) is 127 Å². The van der Waals surface area contributed by atoms with Gasteiger partial charge in [-0.3, -0.25) is 19.2 Å². The summed E-state index contributed by atoms with van der Waals surface area (Å²) in [5, 5.41) is 6.73. The first-order valence-electron chi connectivity index (χ1n) is 14.3. The molecule has 1 heterocycles. The van der Waals surface area contributed by atoms with Crippen LogP contribution in [0.2, 0.25) is 10.0 Å². The normalized spacial score (nSPS) is 10.9. The van der Waals surface area contributed by atoms with Crippen molar-refractivity contribution in [1.82, 2.24) is 10.3 Å². The van der Waals surface area contributed by atoms with Gasteiger partial charge in [-0.25, -0.2) is 4.98 Å². The number of fused-ring (bicyclic) bond motifs is 1. The molecule has 46 heavy (non-hydrogen) atoms. The molecule has 3 amide bonds. The zero-order valence-electron chi connectivity index (χ0n) is 25.4. The molecule has 0 aliphatic carbocycles. The van der Waals surface area contributed by atoms with Crippen LogP contribution in [-0.4, -0.2) is 48.9 Å². The Balaban J connectivity index is 1.32. The van der Waals surface area contributed by atoms with Crippen LogP contribution in [-0.2, 0) is 30.5 Å². The molecule has 0 spiro atoms. The summed E-state index contributed by atoms with van der Waals surface area (Å²) in [7, 11) is 1.55. The van der Waals surface area contributed by atoms with Gasteiger partial charge in [-0.1, -0.05) is 53.5 Å². The Bertz CT molecular complexity index is 1790. The van der Waals surface area contributed by atoms with E-state index in [1.54, 1.807) is 56.4 Å². The van der Waals surface area contributed by atoms with E-state index in [0.717, 1.165) is 16.6 Å². The van der Waals surface area contributed by atoms with Crippen LogP contribution in [0.3, 0.4) is 0 Å². The van der Waals surface area contributed by atoms with Gasteiger partial charge < -0.3 is 25.0 Å². The highest BCUT2D eigenvalue weighted by molar-refractivity contribution is 6.38. The number of benzene rings is 3. The Kier molecular flexibility index (Phi) is 11.7. The number of amides is 3. The number of rotatable bonds is 12. The van der Waals surface area contributed by atoms with E-state index in [1.807, 2.05) is 37.3 Å². The average molecular weight is 664 g/mol. The van der Waals surface area contributed by atoms with E-state index < -0.39 is 23.7 Å². The van der Waals surface area contributed by atoms with Gasteiger partial charge in [0.05, 0.1) is 23.9 Å². The molecule has 0 aliphatic heterocycles. The molecule has 238 valence electrons. The zero-order valence-corrected chi connectivity index (χ0v) is 26.9. The molecule has 0 atom stereocenters. The maximum atomic E-state index is 12.9. The number of aryl methyl sites for hydroxylation is 1. The lowest BCUT2D eigenvalue weighted by Crippen LogP contribution is -2.37. The smallest absolute Gasteiger partial charge is 0.315 e. The van der Waals surface area contributed by atoms with Crippen LogP contribution in [0.5, 0.6) is 5.75 Å². The predicted molar refractivity (Wildman–Crippen MR) is 179 cm³/mol. The monoisotopic (exact) mass is 662 g/mol. The highest BCUT2D eigenvalue weighted by Crippen LogP contribution is 2.35. The molecule has 1 aromatic heterocycles. The highest BCUT2D eigenvalue weighted by atomic mass is 35.5. The molecule has 4 aromatic rings. The Morgan fingerprint density at radius 2 is 1.74 bits per heavy atom. The third-order valence-electron chi connectivity index (χ3n) is 6.74. The Morgan fingerprint density at radius 1 is 0.978 bits per heavy atom. The summed E-state index contributed by atoms with van der Waals surface area (Å²) in [4.78, 5) is 54.6. The number of carbonyl (C=O) groups excluding carboxylic acids is 4. The predicted octanol–water partition coefficient (Wildman–Crippen LogP) is 6.11. The van der Waals surface area contributed by atoms with Gasteiger partial charge in [0.25, 0.3) is 0 Å². The molecular formula is C34H32Cl2N4O6. The number of nitrogens with one attached hydrogen (secondary N) is 2. The van der Waals surface area contributed by atoms with Crippen molar-refractivity contribution in [2.45, 2.75) is 26.9 Å². The third-order valence-corrected chi connectivity index (χ3v) is 7.52. The molecule has 0 bridgehead atoms. The number of aromatic nitrogens is 1. The number of carbonyl (C=O) groups is 4. The van der Waals surface area contributed by atoms with E-state index in [-0.39, 0.29) is 31.2 Å². The van der Waals surface area contributed by atoms with Gasteiger partial charge in [-0.05, 0) is 61.9 Å². The molecule has 2 N–H and O–H groups in total. The lowest BCUT2D eigenvalue weighted by molar-refractivity contribution is -0.145. The number of halogens is 2. The van der Waals surface area contributed by atoms with Crippen LogP contribution in [0.4, 0.5) is 11.4 Å². The summed E-state index contributed by atoms with van der Waals surface area (Å²) < 4.78 is 10.8. The van der Waals surface area contributed by atoms with Crippen molar-refractivity contribution < 1.29 is 28.7 Å². The van der Waals surface area contributed by atoms with Crippen LogP contribution in [0, 0.1) is 6.92 Å². The van der Waals surface area contributed by atoms with Gasteiger partial charge in [0.1, 0.15) is 24.3 Å². The standard InChI is InChI=1S/C34H32Cl2N4O6/c1-4-45-32(44)18-30(42)39-24-13-9-22(10-14-24)11-17-29(41)37-19-31(43)40(3)27-16-15-26(35)25(33(27)36)20-46-28-7-5-6-23-12-8-21(2)38-34(23)28/h5-17H,4,18-20H2,1-3H3,(H,37,41)(H,39,42). The molecule has 0 aliphatic rings. The number of hydrogen-bond donors (Lipinski definition) is 2. The number of nitrogens with zero attached hydrogens (tertiary/aromatic N) is 2. The van der Waals surface area contributed by atoms with Crippen LogP contribution < -0.4 is 20.3 Å². The molecule has 0 radical (unpaired) electrons. The van der Waals surface area contributed by atoms with E-state index in [0.29, 0.717) is 33.3 Å². The quantitative estimate of drug-likeness (QED) is 0.106. The van der Waals surface area contributed by atoms with Gasteiger partial charge in [-0.2, -0.15) is 0 Å². The molecule has 10 nitrogen and oxygen atoms in total. The molecule has 3 aromatic carbocycles. The largest absolute Gasteiger partial charge is 0.487 e. The van der Waals surface area contributed by atoms with Crippen molar-refractivity contribution in [3.63, 3.8) is 0 Å². The van der Waals surface area contributed by atoms with Gasteiger partial charge in [0.2, 0.25) is 17.7 Å². The summed E-state index contributed by atoms with van der Waals surface area (Å²) in [6, 6.07) is 19.4. The van der Waals surface area contributed by atoms with Gasteiger partial charge in [-0.15, -0.1) is 0 Å². The summed E-state index contributed by atoms with van der Waals surface area (Å²) in [5.41, 5.74) is 3.65. The molecular weight excluding hydrogens is 631 g/mol. The number of likely N-dealkylation sites (N-methyl/N-ethyl adjacent to an activating group) is 1. The van der Waals surface area contributed by atoms with Crippen LogP contribution in [0.1, 0.15) is 30.2 Å². The number of hydrogen-bond acceptors (Lipinski definition) is 7. The van der Waals surface area contributed by atoms with E-state index in [9.17, 15) is 19.2 Å². The second-order valence-electron chi connectivity index (χ2n) is 10.1. The molecule has 0 fully saturated rings. The van der Waals surface area contributed by atoms with Crippen molar-refractivity contribution in [3.05, 3.63) is 99.7 Å². The fourth-order valence-corrected chi connectivity index (χ4v) is 4.94. The summed E-state index contributed by atoms with van der Waals surface area (Å²) in [6.45, 7) is 3.53. The first-order valence-corrected chi connectivity index (χ1v) is 15.0. The maximum absolute atomic E-state index is 12.9. The summed E-state index contributed by atoms with van der Waals surface area (Å²) in [6.07, 6.45) is 2.46. The molecule has 12 heteroatoms. The van der Waals surface area contributed by atoms with E-state index in [1.165, 1.54) is 11.0 Å². The third kappa shape index (κ3) is 9.06. The minimum absolute atomic E-state index is 0.0464. The SMILES string of the molecule is CCOC(=O)CC(=O)Nc1ccc(C=CC(=O)NCC(=O)N(C)c2ccc(Cl)c(COc3cccc4ccc(C)nc34)c2Cl)cc1. The Hall–Kier alpha value is -4.93. The van der Waals surface area contributed by atoms with Gasteiger partial charge >= 0.3 is 5.97 Å². The highest BCUT2D eigenvalue weighted by Gasteiger charge is 2.19. The summed E-state index contributed by atoms with van der Waals surface area (Å²) >= 11 is 13.2. The minimum atomic E-state index is -0.605. The van der Waals surface area contributed by atoms with E-state index in [4.69, 9.17) is 32.7 Å². The van der Waals surface area contributed by atoms with Gasteiger partial charge in [0, 0.05) is 40.5 Å². The number of pyridine rings is 1. The van der Waals surface area contributed by atoms with Crippen LogP contribution >= 0.6 is 23.2 Å². The molecule has 0 unspecified atom stereocenters. The maximum Gasteiger partial charge on any atom is 0.315 e. The Labute approximate surface area is 276 Å². The van der Waals surface area contributed by atoms with E-state index in [2.05, 4.69) is 15.6 Å². The molecule has 4 rings (SSSR count). The minimum Gasteiger partial charge on any atom is -0.487 e. The number of anilines is 2. The average Bonchev–Trinajstić information content (AvgIpc) is 3.03. The van der Waals surface area contributed by atoms with Crippen LogP contribution in [0.25, 0.3) is 17.0 Å². The second-order valence-corrected chi connectivity index (χ2v) is 10.9. The molecule has 0 saturated heterocycles. The van der Waals surface area contributed by atoms with Gasteiger partial charge in [0.15, 0.2) is 0 Å². The van der Waals surface area contributed by atoms with Crippen molar-refractivity contribution >= 4 is 75.2 Å². The fourth-order valence-electron chi connectivity index (χ4n) is 4.33. The van der Waals surface area contributed by atoms with Crippen molar-refractivity contribution in [2.24, 2.45) is 0 Å². The summed E-state index contributed by atoms with van der Waals surface area (Å²) in [5.74, 6) is -1.41. The molecule has 0 saturated carbocycles. The second kappa shape index (κ2) is 15.9. The number of ether oxygens (including phenoxy) is 2. The Morgan fingerprint density at radius 3 is 2.48 bits per heavy atom. The first kappa shape index (κ1) is 34.0. The lowest BCUT2D eigenvalue weighted by atomic mass is 10.1. The van der Waals surface area contributed by atoms with Crippen molar-refractivity contribution in [1.29, 1.82) is 0 Å². The van der Waals surface area contributed by atoms with Crippen LogP contribution in [0.15, 0.2) is 72.8 Å². The number of esters is 1. The zero-order chi connectivity index (χ0) is 33.2.